The summed E-state index contributed by atoms with van der Waals surface area (Å²) in [6.45, 7) is 0. The third-order valence-electron chi connectivity index (χ3n) is 2.16. The van der Waals surface area contributed by atoms with Crippen LogP contribution in [0.25, 0.3) is 0 Å². The normalized spacial score (nSPS) is 23.2. The van der Waals surface area contributed by atoms with E-state index in [-0.39, 0.29) is 0 Å². The first-order valence-corrected chi connectivity index (χ1v) is 5.81. The van der Waals surface area contributed by atoms with Crippen molar-refractivity contribution in [2.45, 2.75) is 12.6 Å². The second kappa shape index (κ2) is 6.98. The Labute approximate surface area is 115 Å². The molecule has 0 amide bonds. The molecule has 2 heterocycles. The van der Waals surface area contributed by atoms with Crippen molar-refractivity contribution in [3.63, 3.8) is 0 Å². The quantitative estimate of drug-likeness (QED) is 0.572. The number of esters is 2. The third-order valence-corrected chi connectivity index (χ3v) is 2.16. The first-order valence-electron chi connectivity index (χ1n) is 5.81. The summed E-state index contributed by atoms with van der Waals surface area (Å²) in [5.41, 5.74) is 0. The molecule has 0 aromatic heterocycles. The van der Waals surface area contributed by atoms with Crippen LogP contribution in [0.4, 0.5) is 0 Å². The molecule has 0 bridgehead atoms. The van der Waals surface area contributed by atoms with E-state index in [1.807, 2.05) is 0 Å². The SMILES string of the molecule is O=C(/C=C\C(=O)OC1C=CC=CO1)OC1C=CC=CO1. The maximum Gasteiger partial charge on any atom is 0.334 e. The average Bonchev–Trinajstić information content (AvgIpc) is 2.47. The van der Waals surface area contributed by atoms with Crippen molar-refractivity contribution in [1.82, 2.24) is 0 Å². The molecule has 0 aromatic carbocycles. The van der Waals surface area contributed by atoms with Gasteiger partial charge in [0.25, 0.3) is 12.6 Å². The van der Waals surface area contributed by atoms with Gasteiger partial charge in [-0.3, -0.25) is 0 Å². The summed E-state index contributed by atoms with van der Waals surface area (Å²) in [5, 5.41) is 0. The summed E-state index contributed by atoms with van der Waals surface area (Å²) in [6.07, 6.45) is 12.9. The highest BCUT2D eigenvalue weighted by Gasteiger charge is 2.13. The van der Waals surface area contributed by atoms with E-state index in [1.54, 1.807) is 36.5 Å². The van der Waals surface area contributed by atoms with Gasteiger partial charge in [-0.2, -0.15) is 0 Å². The minimum absolute atomic E-state index is 0.716. The number of carbonyl (C=O) groups excluding carboxylic acids is 2. The van der Waals surface area contributed by atoms with E-state index in [0.29, 0.717) is 0 Å². The Morgan fingerprint density at radius 1 is 0.800 bits per heavy atom. The van der Waals surface area contributed by atoms with Gasteiger partial charge in [0.15, 0.2) is 0 Å². The van der Waals surface area contributed by atoms with Gasteiger partial charge in [-0.15, -0.1) is 0 Å². The molecule has 0 saturated heterocycles. The summed E-state index contributed by atoms with van der Waals surface area (Å²) in [5.74, 6) is -1.43. The summed E-state index contributed by atoms with van der Waals surface area (Å²) < 4.78 is 19.7. The van der Waals surface area contributed by atoms with E-state index in [9.17, 15) is 9.59 Å². The molecule has 6 nitrogen and oxygen atoms in total. The Kier molecular flexibility index (Phi) is 4.77. The largest absolute Gasteiger partial charge is 0.459 e. The molecule has 0 saturated carbocycles. The van der Waals surface area contributed by atoms with Crippen LogP contribution in [-0.4, -0.2) is 24.5 Å². The highest BCUT2D eigenvalue weighted by atomic mass is 16.7. The Balaban J connectivity index is 1.73. The lowest BCUT2D eigenvalue weighted by molar-refractivity contribution is -0.158. The number of hydrogen-bond acceptors (Lipinski definition) is 6. The molecule has 2 aliphatic rings. The minimum Gasteiger partial charge on any atom is -0.459 e. The van der Waals surface area contributed by atoms with E-state index in [2.05, 4.69) is 0 Å². The van der Waals surface area contributed by atoms with Crippen LogP contribution in [-0.2, 0) is 28.5 Å². The van der Waals surface area contributed by atoms with Gasteiger partial charge < -0.3 is 18.9 Å². The maximum atomic E-state index is 11.4. The van der Waals surface area contributed by atoms with Crippen molar-refractivity contribution in [2.75, 3.05) is 0 Å². The molecule has 0 aliphatic carbocycles. The first kappa shape index (κ1) is 13.7. The molecular weight excluding hydrogens is 264 g/mol. The van der Waals surface area contributed by atoms with Gasteiger partial charge in [0.05, 0.1) is 12.5 Å². The molecule has 2 aliphatic heterocycles. The smallest absolute Gasteiger partial charge is 0.334 e. The lowest BCUT2D eigenvalue weighted by Crippen LogP contribution is -2.19. The average molecular weight is 276 g/mol. The molecule has 0 aromatic rings. The molecule has 0 radical (unpaired) electrons. The van der Waals surface area contributed by atoms with Crippen LogP contribution < -0.4 is 0 Å². The molecule has 0 spiro atoms. The summed E-state index contributed by atoms with van der Waals surface area (Å²) in [4.78, 5) is 22.8. The van der Waals surface area contributed by atoms with Crippen LogP contribution in [0.2, 0.25) is 0 Å². The highest BCUT2D eigenvalue weighted by Crippen LogP contribution is 2.06. The lowest BCUT2D eigenvalue weighted by Gasteiger charge is -2.14. The molecule has 104 valence electrons. The van der Waals surface area contributed by atoms with Crippen LogP contribution in [0.15, 0.2) is 61.1 Å². The van der Waals surface area contributed by atoms with Crippen molar-refractivity contribution < 1.29 is 28.5 Å². The second-order valence-electron chi connectivity index (χ2n) is 3.64. The summed E-state index contributed by atoms with van der Waals surface area (Å²) in [7, 11) is 0. The number of allylic oxidation sites excluding steroid dienone is 4. The van der Waals surface area contributed by atoms with E-state index < -0.39 is 24.5 Å². The van der Waals surface area contributed by atoms with Crippen molar-refractivity contribution in [3.8, 4) is 0 Å². The van der Waals surface area contributed by atoms with Crippen molar-refractivity contribution in [1.29, 1.82) is 0 Å². The summed E-state index contributed by atoms with van der Waals surface area (Å²) >= 11 is 0. The number of carbonyl (C=O) groups is 2. The number of ether oxygens (including phenoxy) is 4. The number of hydrogen-bond donors (Lipinski definition) is 0. The summed E-state index contributed by atoms with van der Waals surface area (Å²) in [6, 6.07) is 0. The van der Waals surface area contributed by atoms with Gasteiger partial charge in [0.1, 0.15) is 0 Å². The third kappa shape index (κ3) is 4.49. The standard InChI is InChI=1S/C14H12O6/c15-11(19-13-5-1-3-9-17-13)7-8-12(16)20-14-6-2-4-10-18-14/h1-10,13-14H/b8-7-. The Bertz CT molecular complexity index is 466. The van der Waals surface area contributed by atoms with Crippen LogP contribution in [0.3, 0.4) is 0 Å². The second-order valence-corrected chi connectivity index (χ2v) is 3.64. The molecule has 0 fully saturated rings. The molecule has 6 heteroatoms. The van der Waals surface area contributed by atoms with Gasteiger partial charge in [0, 0.05) is 12.2 Å². The zero-order valence-electron chi connectivity index (χ0n) is 10.4. The monoisotopic (exact) mass is 276 g/mol. The molecule has 2 atom stereocenters. The van der Waals surface area contributed by atoms with E-state index >= 15 is 0 Å². The first-order chi connectivity index (χ1) is 9.74. The molecule has 0 N–H and O–H groups in total. The van der Waals surface area contributed by atoms with Gasteiger partial charge in [0.2, 0.25) is 0 Å². The van der Waals surface area contributed by atoms with Crippen LogP contribution in [0.1, 0.15) is 0 Å². The van der Waals surface area contributed by atoms with Gasteiger partial charge in [-0.1, -0.05) is 12.2 Å². The van der Waals surface area contributed by atoms with Crippen LogP contribution >= 0.6 is 0 Å². The van der Waals surface area contributed by atoms with Gasteiger partial charge in [-0.05, 0) is 24.3 Å². The fourth-order valence-electron chi connectivity index (χ4n) is 1.31. The van der Waals surface area contributed by atoms with E-state index in [1.165, 1.54) is 12.5 Å². The zero-order valence-corrected chi connectivity index (χ0v) is 10.4. The predicted molar refractivity (Wildman–Crippen MR) is 67.6 cm³/mol. The van der Waals surface area contributed by atoms with E-state index in [0.717, 1.165) is 12.2 Å². The topological polar surface area (TPSA) is 71.1 Å². The zero-order chi connectivity index (χ0) is 14.2. The van der Waals surface area contributed by atoms with Crippen molar-refractivity contribution in [3.05, 3.63) is 61.1 Å². The van der Waals surface area contributed by atoms with E-state index in [4.69, 9.17) is 18.9 Å². The maximum absolute atomic E-state index is 11.4. The molecular formula is C14H12O6. The van der Waals surface area contributed by atoms with Gasteiger partial charge in [-0.25, -0.2) is 9.59 Å². The minimum atomic E-state index is -0.789. The van der Waals surface area contributed by atoms with Crippen LogP contribution in [0, 0.1) is 0 Å². The fourth-order valence-corrected chi connectivity index (χ4v) is 1.31. The molecule has 2 unspecified atom stereocenters. The predicted octanol–water partition coefficient (Wildman–Crippen LogP) is 1.48. The van der Waals surface area contributed by atoms with Crippen molar-refractivity contribution >= 4 is 11.9 Å². The van der Waals surface area contributed by atoms with Crippen molar-refractivity contribution in [2.24, 2.45) is 0 Å². The Hall–Kier alpha value is -2.76. The highest BCUT2D eigenvalue weighted by molar-refractivity contribution is 5.91. The molecule has 2 rings (SSSR count). The Morgan fingerprint density at radius 3 is 1.60 bits per heavy atom. The van der Waals surface area contributed by atoms with Crippen LogP contribution in [0.5, 0.6) is 0 Å². The number of rotatable bonds is 4. The molecule has 20 heavy (non-hydrogen) atoms. The Morgan fingerprint density at radius 2 is 1.25 bits per heavy atom. The van der Waals surface area contributed by atoms with Gasteiger partial charge >= 0.3 is 11.9 Å². The lowest BCUT2D eigenvalue weighted by atomic mass is 10.4. The fraction of sp³-hybridized carbons (Fsp3) is 0.143.